The largest absolute Gasteiger partial charge is 0.370 e. The Labute approximate surface area is 118 Å². The summed E-state index contributed by atoms with van der Waals surface area (Å²) in [7, 11) is 0. The van der Waals surface area contributed by atoms with Crippen LogP contribution in [0.5, 0.6) is 0 Å². The maximum atomic E-state index is 12.1. The van der Waals surface area contributed by atoms with Gasteiger partial charge in [0.1, 0.15) is 5.82 Å². The van der Waals surface area contributed by atoms with Crippen LogP contribution in [0.3, 0.4) is 0 Å². The highest BCUT2D eigenvalue weighted by Crippen LogP contribution is 2.22. The summed E-state index contributed by atoms with van der Waals surface area (Å²) < 4.78 is 0. The van der Waals surface area contributed by atoms with Crippen molar-refractivity contribution in [2.45, 2.75) is 19.8 Å². The van der Waals surface area contributed by atoms with Gasteiger partial charge in [0, 0.05) is 24.8 Å². The van der Waals surface area contributed by atoms with Crippen molar-refractivity contribution >= 4 is 23.5 Å². The van der Waals surface area contributed by atoms with Gasteiger partial charge < -0.3 is 10.6 Å². The van der Waals surface area contributed by atoms with E-state index in [0.717, 1.165) is 25.3 Å². The molecule has 1 aromatic heterocycles. The van der Waals surface area contributed by atoms with Gasteiger partial charge in [-0.25, -0.2) is 4.98 Å². The molecule has 2 N–H and O–H groups in total. The fraction of sp³-hybridized carbons (Fsp3) is 0.571. The molecule has 1 unspecified atom stereocenters. The molecule has 4 nitrogen and oxygen atoms in total. The van der Waals surface area contributed by atoms with Crippen LogP contribution in [0.4, 0.5) is 5.82 Å². The Hall–Kier alpha value is -1.23. The van der Waals surface area contributed by atoms with E-state index in [-0.39, 0.29) is 5.91 Å². The Morgan fingerprint density at radius 2 is 2.47 bits per heavy atom. The molecule has 104 valence electrons. The predicted molar refractivity (Wildman–Crippen MR) is 80.8 cm³/mol. The lowest BCUT2D eigenvalue weighted by molar-refractivity contribution is 0.0948. The number of anilines is 1. The molecule has 1 atom stereocenters. The van der Waals surface area contributed by atoms with E-state index in [1.165, 1.54) is 17.9 Å². The minimum Gasteiger partial charge on any atom is -0.370 e. The number of hydrogen-bond donors (Lipinski definition) is 2. The van der Waals surface area contributed by atoms with Crippen LogP contribution in [-0.4, -0.2) is 35.5 Å². The minimum atomic E-state index is -0.00107. The van der Waals surface area contributed by atoms with Crippen molar-refractivity contribution < 1.29 is 4.79 Å². The van der Waals surface area contributed by atoms with E-state index < -0.39 is 0 Å². The smallest absolute Gasteiger partial charge is 0.251 e. The molecule has 2 heterocycles. The molecule has 2 rings (SSSR count). The number of thioether (sulfide) groups is 1. The van der Waals surface area contributed by atoms with E-state index in [1.807, 2.05) is 17.8 Å². The van der Waals surface area contributed by atoms with Crippen LogP contribution >= 0.6 is 11.8 Å². The standard InChI is InChI=1S/C14H21N3OS/c1-2-5-15-13-8-12(3-6-16-13)14(18)17-9-11-4-7-19-10-11/h3,6,8,11H,2,4-5,7,9-10H2,1H3,(H,15,16)(H,17,18). The van der Waals surface area contributed by atoms with Gasteiger partial charge in [-0.3, -0.25) is 4.79 Å². The molecule has 0 aromatic carbocycles. The first-order valence-electron chi connectivity index (χ1n) is 6.85. The van der Waals surface area contributed by atoms with E-state index in [1.54, 1.807) is 12.3 Å². The molecule has 1 amide bonds. The summed E-state index contributed by atoms with van der Waals surface area (Å²) in [6.07, 6.45) is 3.93. The monoisotopic (exact) mass is 279 g/mol. The van der Waals surface area contributed by atoms with E-state index >= 15 is 0 Å². The van der Waals surface area contributed by atoms with Gasteiger partial charge in [0.05, 0.1) is 0 Å². The first-order valence-corrected chi connectivity index (χ1v) is 8.01. The highest BCUT2D eigenvalue weighted by Gasteiger charge is 2.16. The quantitative estimate of drug-likeness (QED) is 0.839. The van der Waals surface area contributed by atoms with Gasteiger partial charge in [-0.15, -0.1) is 0 Å². The number of rotatable bonds is 6. The van der Waals surface area contributed by atoms with Gasteiger partial charge in [-0.05, 0) is 42.4 Å². The van der Waals surface area contributed by atoms with Crippen LogP contribution in [0.25, 0.3) is 0 Å². The van der Waals surface area contributed by atoms with E-state index in [4.69, 9.17) is 0 Å². The van der Waals surface area contributed by atoms with Crippen LogP contribution in [0.15, 0.2) is 18.3 Å². The van der Waals surface area contributed by atoms with Gasteiger partial charge in [-0.2, -0.15) is 11.8 Å². The third kappa shape index (κ3) is 4.42. The third-order valence-corrected chi connectivity index (χ3v) is 4.39. The van der Waals surface area contributed by atoms with Crippen molar-refractivity contribution in [1.82, 2.24) is 10.3 Å². The number of carbonyl (C=O) groups excluding carboxylic acids is 1. The molecule has 0 spiro atoms. The normalized spacial score (nSPS) is 18.3. The zero-order chi connectivity index (χ0) is 13.5. The molecule has 0 aliphatic carbocycles. The van der Waals surface area contributed by atoms with Crippen LogP contribution in [0.1, 0.15) is 30.1 Å². The number of amides is 1. The zero-order valence-electron chi connectivity index (χ0n) is 11.3. The zero-order valence-corrected chi connectivity index (χ0v) is 12.1. The highest BCUT2D eigenvalue weighted by atomic mass is 32.2. The number of carbonyl (C=O) groups is 1. The molecule has 0 bridgehead atoms. The van der Waals surface area contributed by atoms with Gasteiger partial charge in [-0.1, -0.05) is 6.92 Å². The topological polar surface area (TPSA) is 54.0 Å². The van der Waals surface area contributed by atoms with Gasteiger partial charge in [0.15, 0.2) is 0 Å². The number of aromatic nitrogens is 1. The fourth-order valence-corrected chi connectivity index (χ4v) is 3.29. The van der Waals surface area contributed by atoms with Gasteiger partial charge in [0.25, 0.3) is 5.91 Å². The molecule has 19 heavy (non-hydrogen) atoms. The van der Waals surface area contributed by atoms with Crippen LogP contribution in [0, 0.1) is 5.92 Å². The molecule has 1 aromatic rings. The summed E-state index contributed by atoms with van der Waals surface area (Å²) in [4.78, 5) is 16.3. The van der Waals surface area contributed by atoms with E-state index in [2.05, 4.69) is 22.5 Å². The second-order valence-corrected chi connectivity index (χ2v) is 5.95. The summed E-state index contributed by atoms with van der Waals surface area (Å²) in [5.74, 6) is 3.79. The molecule has 1 aliphatic heterocycles. The average Bonchev–Trinajstić information content (AvgIpc) is 2.96. The first kappa shape index (κ1) is 14.2. The van der Waals surface area contributed by atoms with Gasteiger partial charge >= 0.3 is 0 Å². The SMILES string of the molecule is CCCNc1cc(C(=O)NCC2CCSC2)ccn1. The van der Waals surface area contributed by atoms with Crippen LogP contribution in [0.2, 0.25) is 0 Å². The summed E-state index contributed by atoms with van der Waals surface area (Å²) in [6.45, 7) is 3.76. The van der Waals surface area contributed by atoms with Crippen molar-refractivity contribution in [1.29, 1.82) is 0 Å². The third-order valence-electron chi connectivity index (χ3n) is 3.15. The highest BCUT2D eigenvalue weighted by molar-refractivity contribution is 7.99. The first-order chi connectivity index (χ1) is 9.29. The van der Waals surface area contributed by atoms with Crippen molar-refractivity contribution in [3.8, 4) is 0 Å². The van der Waals surface area contributed by atoms with Crippen LogP contribution in [-0.2, 0) is 0 Å². The number of pyridine rings is 1. The van der Waals surface area contributed by atoms with E-state index in [0.29, 0.717) is 11.5 Å². The van der Waals surface area contributed by atoms with Crippen molar-refractivity contribution in [3.05, 3.63) is 23.9 Å². The molecule has 5 heteroatoms. The van der Waals surface area contributed by atoms with E-state index in [9.17, 15) is 4.79 Å². The molecule has 0 radical (unpaired) electrons. The Balaban J connectivity index is 1.86. The maximum Gasteiger partial charge on any atom is 0.251 e. The lowest BCUT2D eigenvalue weighted by Gasteiger charge is -2.10. The van der Waals surface area contributed by atoms with Crippen molar-refractivity contribution in [2.24, 2.45) is 5.92 Å². The Morgan fingerprint density at radius 3 is 3.21 bits per heavy atom. The molecule has 1 saturated heterocycles. The van der Waals surface area contributed by atoms with Gasteiger partial charge in [0.2, 0.25) is 0 Å². The van der Waals surface area contributed by atoms with Crippen molar-refractivity contribution in [3.63, 3.8) is 0 Å². The molecule has 1 aliphatic rings. The Kier molecular flexibility index (Phi) is 5.51. The maximum absolute atomic E-state index is 12.1. The molecule has 0 saturated carbocycles. The molecular formula is C14H21N3OS. The number of nitrogens with zero attached hydrogens (tertiary/aromatic N) is 1. The summed E-state index contributed by atoms with van der Waals surface area (Å²) in [5.41, 5.74) is 0.680. The molecular weight excluding hydrogens is 258 g/mol. The summed E-state index contributed by atoms with van der Waals surface area (Å²) in [6, 6.07) is 3.57. The second kappa shape index (κ2) is 7.38. The lowest BCUT2D eigenvalue weighted by atomic mass is 10.1. The summed E-state index contributed by atoms with van der Waals surface area (Å²) in [5, 5.41) is 6.21. The van der Waals surface area contributed by atoms with Crippen LogP contribution < -0.4 is 10.6 Å². The average molecular weight is 279 g/mol. The summed E-state index contributed by atoms with van der Waals surface area (Å²) >= 11 is 1.97. The Bertz CT molecular complexity index is 419. The second-order valence-electron chi connectivity index (χ2n) is 4.80. The molecule has 1 fully saturated rings. The predicted octanol–water partition coefficient (Wildman–Crippen LogP) is 2.39. The number of hydrogen-bond acceptors (Lipinski definition) is 4. The fourth-order valence-electron chi connectivity index (χ4n) is 2.00. The Morgan fingerprint density at radius 1 is 1.58 bits per heavy atom. The number of nitrogens with one attached hydrogen (secondary N) is 2. The van der Waals surface area contributed by atoms with Crippen molar-refractivity contribution in [2.75, 3.05) is 29.9 Å². The lowest BCUT2D eigenvalue weighted by Crippen LogP contribution is -2.29. The minimum absolute atomic E-state index is 0.00107.